The molecule has 0 bridgehead atoms. The van der Waals surface area contributed by atoms with E-state index in [9.17, 15) is 18.1 Å². The number of urea groups is 1. The molecule has 1 N–H and O–H groups in total. The Balaban J connectivity index is 1.28. The molecule has 2 aromatic carbocycles. The highest BCUT2D eigenvalue weighted by molar-refractivity contribution is 7.90. The molecule has 2 unspecified atom stereocenters. The predicted molar refractivity (Wildman–Crippen MR) is 139 cm³/mol. The minimum atomic E-state index is -1.01. The summed E-state index contributed by atoms with van der Waals surface area (Å²) in [7, 11) is 0. The maximum absolute atomic E-state index is 13.7. The Morgan fingerprint density at radius 2 is 1.94 bits per heavy atom. The van der Waals surface area contributed by atoms with Crippen molar-refractivity contribution in [1.29, 1.82) is 0 Å². The van der Waals surface area contributed by atoms with Gasteiger partial charge in [-0.25, -0.2) is 13.6 Å². The standard InChI is InChI=1S/C28H35F2N3O2S/c1-36(35)26-7-4-6-20(15-26)28-9-8-25(14-21(28)19-28)33(13-5-12-32-10-2-3-11-32)27(34)31-24-17-22(29)16-23(30)18-24/h4,6-7,15-18,21,25H,2-3,5,8-14,19H2,1H3,(H,31,34)/t21?,25-,28-,36?/m1/s1. The van der Waals surface area contributed by atoms with Gasteiger partial charge in [0.2, 0.25) is 0 Å². The number of likely N-dealkylation sites (tertiary alicyclic amines) is 1. The van der Waals surface area contributed by atoms with E-state index in [1.54, 1.807) is 6.26 Å². The van der Waals surface area contributed by atoms with Gasteiger partial charge in [0.05, 0.1) is 0 Å². The molecule has 2 saturated carbocycles. The van der Waals surface area contributed by atoms with E-state index in [4.69, 9.17) is 0 Å². The minimum Gasteiger partial charge on any atom is -0.612 e. The number of benzene rings is 2. The highest BCUT2D eigenvalue weighted by Gasteiger charge is 2.58. The summed E-state index contributed by atoms with van der Waals surface area (Å²) in [6, 6.07) is 11.1. The van der Waals surface area contributed by atoms with Crippen LogP contribution in [0.3, 0.4) is 0 Å². The summed E-state index contributed by atoms with van der Waals surface area (Å²) in [5.74, 6) is -0.930. The van der Waals surface area contributed by atoms with Gasteiger partial charge in [-0.2, -0.15) is 0 Å². The third kappa shape index (κ3) is 5.55. The van der Waals surface area contributed by atoms with Crippen molar-refractivity contribution in [2.45, 2.75) is 61.3 Å². The van der Waals surface area contributed by atoms with Gasteiger partial charge in [-0.3, -0.25) is 0 Å². The highest BCUT2D eigenvalue weighted by atomic mass is 32.2. The zero-order valence-corrected chi connectivity index (χ0v) is 21.7. The van der Waals surface area contributed by atoms with Gasteiger partial charge in [-0.15, -0.1) is 0 Å². The second-order valence-electron chi connectivity index (χ2n) is 10.7. The lowest BCUT2D eigenvalue weighted by molar-refractivity contribution is 0.156. The molecule has 5 rings (SSSR count). The van der Waals surface area contributed by atoms with Gasteiger partial charge < -0.3 is 19.7 Å². The van der Waals surface area contributed by atoms with Gasteiger partial charge in [0.15, 0.2) is 4.90 Å². The molecule has 194 valence electrons. The minimum absolute atomic E-state index is 0.0890. The molecule has 0 radical (unpaired) electrons. The molecule has 0 spiro atoms. The normalized spacial score (nSPS) is 26.3. The van der Waals surface area contributed by atoms with Crippen molar-refractivity contribution in [3.05, 3.63) is 59.7 Å². The van der Waals surface area contributed by atoms with E-state index in [1.807, 2.05) is 17.0 Å². The topological polar surface area (TPSA) is 58.6 Å². The number of fused-ring (bicyclic) bond motifs is 1. The Hall–Kier alpha value is -2.16. The molecular formula is C28H35F2N3O2S. The van der Waals surface area contributed by atoms with Crippen LogP contribution in [0.2, 0.25) is 0 Å². The fourth-order valence-electron chi connectivity index (χ4n) is 6.37. The first kappa shape index (κ1) is 25.5. The van der Waals surface area contributed by atoms with Crippen molar-refractivity contribution in [1.82, 2.24) is 9.80 Å². The first-order chi connectivity index (χ1) is 17.3. The van der Waals surface area contributed by atoms with Crippen molar-refractivity contribution in [3.63, 3.8) is 0 Å². The number of anilines is 1. The Morgan fingerprint density at radius 3 is 2.64 bits per heavy atom. The molecule has 3 aliphatic rings. The average molecular weight is 516 g/mol. The van der Waals surface area contributed by atoms with Gasteiger partial charge in [0, 0.05) is 24.3 Å². The summed E-state index contributed by atoms with van der Waals surface area (Å²) in [4.78, 5) is 18.6. The van der Waals surface area contributed by atoms with E-state index in [0.29, 0.717) is 12.5 Å². The van der Waals surface area contributed by atoms with E-state index in [2.05, 4.69) is 22.3 Å². The number of carbonyl (C=O) groups excluding carboxylic acids is 1. The van der Waals surface area contributed by atoms with Crippen LogP contribution in [0, 0.1) is 17.6 Å². The highest BCUT2D eigenvalue weighted by Crippen LogP contribution is 2.63. The SMILES string of the molecule is C[S+]([O-])c1cccc([C@]23CC[C@@H](N(CCCN4CCCC4)C(=O)Nc4cc(F)cc(F)c4)CC2C3)c1. The summed E-state index contributed by atoms with van der Waals surface area (Å²) in [6.45, 7) is 3.81. The first-order valence-corrected chi connectivity index (χ1v) is 14.6. The molecular weight excluding hydrogens is 480 g/mol. The lowest BCUT2D eigenvalue weighted by Gasteiger charge is -2.37. The van der Waals surface area contributed by atoms with Crippen LogP contribution in [0.15, 0.2) is 47.4 Å². The van der Waals surface area contributed by atoms with Crippen LogP contribution in [0.4, 0.5) is 19.3 Å². The fraction of sp³-hybridized carbons (Fsp3) is 0.536. The molecule has 2 amide bonds. The molecule has 0 aromatic heterocycles. The van der Waals surface area contributed by atoms with Crippen LogP contribution in [0.1, 0.15) is 50.5 Å². The third-order valence-corrected chi connectivity index (χ3v) is 9.26. The number of amides is 2. The number of nitrogens with one attached hydrogen (secondary N) is 1. The van der Waals surface area contributed by atoms with Gasteiger partial charge in [-0.1, -0.05) is 12.1 Å². The number of hydrogen-bond acceptors (Lipinski definition) is 3. The first-order valence-electron chi connectivity index (χ1n) is 13.0. The Bertz CT molecular complexity index is 1070. The third-order valence-electron chi connectivity index (χ3n) is 8.34. The summed E-state index contributed by atoms with van der Waals surface area (Å²) in [6.07, 6.45) is 8.90. The summed E-state index contributed by atoms with van der Waals surface area (Å²) in [5, 5.41) is 2.75. The van der Waals surface area contributed by atoms with Crippen molar-refractivity contribution in [2.75, 3.05) is 37.8 Å². The average Bonchev–Trinajstić information content (AvgIpc) is 3.35. The molecule has 2 aromatic rings. The Labute approximate surface area is 215 Å². The lowest BCUT2D eigenvalue weighted by atomic mass is 9.80. The quantitative estimate of drug-likeness (QED) is 0.470. The van der Waals surface area contributed by atoms with Crippen LogP contribution < -0.4 is 5.32 Å². The largest absolute Gasteiger partial charge is 0.612 e. The van der Waals surface area contributed by atoms with Crippen molar-refractivity contribution in [2.24, 2.45) is 5.92 Å². The predicted octanol–water partition coefficient (Wildman–Crippen LogP) is 5.53. The smallest absolute Gasteiger partial charge is 0.322 e. The van der Waals surface area contributed by atoms with Crippen molar-refractivity contribution < 1.29 is 18.1 Å². The van der Waals surface area contributed by atoms with E-state index in [1.165, 1.54) is 18.4 Å². The second-order valence-corrected chi connectivity index (χ2v) is 12.0. The number of nitrogens with zero attached hydrogens (tertiary/aromatic N) is 2. The van der Waals surface area contributed by atoms with Crippen LogP contribution in [0.5, 0.6) is 0 Å². The lowest BCUT2D eigenvalue weighted by Crippen LogP contribution is -2.46. The molecule has 1 aliphatic heterocycles. The van der Waals surface area contributed by atoms with Gasteiger partial charge in [0.25, 0.3) is 0 Å². The molecule has 36 heavy (non-hydrogen) atoms. The Kier molecular flexibility index (Phi) is 7.56. The van der Waals surface area contributed by atoms with Crippen LogP contribution in [-0.4, -0.2) is 58.9 Å². The number of hydrogen-bond donors (Lipinski definition) is 1. The molecule has 3 fully saturated rings. The van der Waals surface area contributed by atoms with E-state index in [0.717, 1.165) is 74.8 Å². The number of carbonyl (C=O) groups is 1. The molecule has 1 saturated heterocycles. The van der Waals surface area contributed by atoms with Crippen molar-refractivity contribution in [3.8, 4) is 0 Å². The van der Waals surface area contributed by atoms with E-state index >= 15 is 0 Å². The van der Waals surface area contributed by atoms with Crippen LogP contribution in [0.25, 0.3) is 0 Å². The fourth-order valence-corrected chi connectivity index (χ4v) is 6.94. The van der Waals surface area contributed by atoms with Gasteiger partial charge in [0.1, 0.15) is 17.9 Å². The molecule has 8 heteroatoms. The van der Waals surface area contributed by atoms with Crippen LogP contribution in [-0.2, 0) is 16.6 Å². The van der Waals surface area contributed by atoms with Crippen molar-refractivity contribution >= 4 is 22.9 Å². The summed E-state index contributed by atoms with van der Waals surface area (Å²) >= 11 is -1.01. The van der Waals surface area contributed by atoms with E-state index < -0.39 is 22.8 Å². The molecule has 4 atom stereocenters. The zero-order valence-electron chi connectivity index (χ0n) is 20.8. The Morgan fingerprint density at radius 1 is 1.19 bits per heavy atom. The maximum atomic E-state index is 13.7. The number of halogens is 2. The summed E-state index contributed by atoms with van der Waals surface area (Å²) in [5.41, 5.74) is 1.52. The van der Waals surface area contributed by atoms with Gasteiger partial charge in [-0.05, 0) is 117 Å². The zero-order chi connectivity index (χ0) is 25.3. The number of rotatable bonds is 8. The molecule has 5 nitrogen and oxygen atoms in total. The maximum Gasteiger partial charge on any atom is 0.322 e. The van der Waals surface area contributed by atoms with Gasteiger partial charge >= 0.3 is 6.03 Å². The second kappa shape index (κ2) is 10.7. The summed E-state index contributed by atoms with van der Waals surface area (Å²) < 4.78 is 39.4. The van der Waals surface area contributed by atoms with Crippen LogP contribution >= 0.6 is 0 Å². The monoisotopic (exact) mass is 515 g/mol. The molecule has 2 aliphatic carbocycles. The van der Waals surface area contributed by atoms with E-state index in [-0.39, 0.29) is 23.2 Å². The molecule has 1 heterocycles.